The van der Waals surface area contributed by atoms with Crippen molar-refractivity contribution in [2.24, 2.45) is 4.99 Å². The molecule has 0 amide bonds. The number of guanidine groups is 1. The molecular formula is C17H23FN4S. The second kappa shape index (κ2) is 8.62. The quantitative estimate of drug-likeness (QED) is 0.630. The van der Waals surface area contributed by atoms with Crippen LogP contribution in [0.15, 0.2) is 29.3 Å². The molecule has 0 aliphatic carbocycles. The number of hydrogen-bond donors (Lipinski definition) is 2. The summed E-state index contributed by atoms with van der Waals surface area (Å²) in [6.45, 7) is 5.64. The Morgan fingerprint density at radius 3 is 2.61 bits per heavy atom. The highest BCUT2D eigenvalue weighted by Gasteiger charge is 2.06. The smallest absolute Gasteiger partial charge is 0.191 e. The number of aryl methyl sites for hydroxylation is 2. The highest BCUT2D eigenvalue weighted by Crippen LogP contribution is 2.17. The largest absolute Gasteiger partial charge is 0.356 e. The number of nitrogens with zero attached hydrogens (tertiary/aromatic N) is 2. The Labute approximate surface area is 140 Å². The van der Waals surface area contributed by atoms with Crippen LogP contribution in [0.4, 0.5) is 4.39 Å². The molecule has 1 aromatic heterocycles. The van der Waals surface area contributed by atoms with Crippen LogP contribution >= 0.6 is 11.3 Å². The molecule has 124 valence electrons. The minimum absolute atomic E-state index is 0.221. The van der Waals surface area contributed by atoms with Crippen LogP contribution in [0.3, 0.4) is 0 Å². The van der Waals surface area contributed by atoms with Crippen molar-refractivity contribution in [2.45, 2.75) is 33.2 Å². The van der Waals surface area contributed by atoms with Crippen LogP contribution in [0.1, 0.15) is 28.1 Å². The molecule has 6 heteroatoms. The molecule has 0 saturated carbocycles. The van der Waals surface area contributed by atoms with E-state index in [9.17, 15) is 4.39 Å². The molecule has 0 aliphatic heterocycles. The van der Waals surface area contributed by atoms with Gasteiger partial charge in [-0.25, -0.2) is 9.37 Å². The summed E-state index contributed by atoms with van der Waals surface area (Å²) in [7, 11) is 1.74. The summed E-state index contributed by atoms with van der Waals surface area (Å²) in [5, 5.41) is 7.65. The zero-order chi connectivity index (χ0) is 16.7. The number of rotatable bonds is 6. The van der Waals surface area contributed by atoms with E-state index in [1.165, 1.54) is 22.7 Å². The summed E-state index contributed by atoms with van der Waals surface area (Å²) < 4.78 is 12.9. The van der Waals surface area contributed by atoms with Gasteiger partial charge in [-0.1, -0.05) is 19.1 Å². The lowest BCUT2D eigenvalue weighted by Crippen LogP contribution is -2.37. The van der Waals surface area contributed by atoms with E-state index in [-0.39, 0.29) is 5.82 Å². The van der Waals surface area contributed by atoms with Crippen LogP contribution in [-0.2, 0) is 19.4 Å². The van der Waals surface area contributed by atoms with E-state index in [1.54, 1.807) is 30.5 Å². The number of benzene rings is 1. The molecule has 4 nitrogen and oxygen atoms in total. The van der Waals surface area contributed by atoms with Gasteiger partial charge in [-0.05, 0) is 31.0 Å². The molecule has 2 rings (SSSR count). The summed E-state index contributed by atoms with van der Waals surface area (Å²) in [4.78, 5) is 10.1. The zero-order valence-corrected chi connectivity index (χ0v) is 14.6. The summed E-state index contributed by atoms with van der Waals surface area (Å²) >= 11 is 1.76. The van der Waals surface area contributed by atoms with Crippen LogP contribution in [0.5, 0.6) is 0 Å². The first-order valence-electron chi connectivity index (χ1n) is 7.76. The second-order valence-corrected chi connectivity index (χ2v) is 6.48. The Bertz CT molecular complexity index is 649. The van der Waals surface area contributed by atoms with Crippen molar-refractivity contribution in [3.05, 3.63) is 51.2 Å². The highest BCUT2D eigenvalue weighted by atomic mass is 32.1. The predicted octanol–water partition coefficient (Wildman–Crippen LogP) is 3.06. The number of hydrogen-bond acceptors (Lipinski definition) is 3. The topological polar surface area (TPSA) is 49.3 Å². The number of aliphatic imine (C=N–C) groups is 1. The van der Waals surface area contributed by atoms with E-state index < -0.39 is 0 Å². The van der Waals surface area contributed by atoms with Crippen molar-refractivity contribution in [3.63, 3.8) is 0 Å². The van der Waals surface area contributed by atoms with Crippen LogP contribution < -0.4 is 10.6 Å². The number of thiazole rings is 1. The van der Waals surface area contributed by atoms with Gasteiger partial charge in [0.1, 0.15) is 5.82 Å². The molecule has 0 atom stereocenters. The molecule has 0 saturated heterocycles. The molecule has 0 bridgehead atoms. The van der Waals surface area contributed by atoms with Crippen LogP contribution in [0.25, 0.3) is 0 Å². The first-order valence-corrected chi connectivity index (χ1v) is 8.58. The van der Waals surface area contributed by atoms with Crippen molar-refractivity contribution in [2.75, 3.05) is 13.6 Å². The third kappa shape index (κ3) is 5.32. The van der Waals surface area contributed by atoms with Crippen molar-refractivity contribution in [3.8, 4) is 0 Å². The minimum atomic E-state index is -0.221. The van der Waals surface area contributed by atoms with E-state index in [4.69, 9.17) is 0 Å². The van der Waals surface area contributed by atoms with E-state index in [0.717, 1.165) is 35.9 Å². The summed E-state index contributed by atoms with van der Waals surface area (Å²) in [6.07, 6.45) is 1.86. The van der Waals surface area contributed by atoms with Gasteiger partial charge in [0.25, 0.3) is 0 Å². The van der Waals surface area contributed by atoms with Crippen molar-refractivity contribution >= 4 is 17.3 Å². The lowest BCUT2D eigenvalue weighted by Gasteiger charge is -2.11. The Balaban J connectivity index is 1.77. The van der Waals surface area contributed by atoms with Gasteiger partial charge < -0.3 is 10.6 Å². The molecule has 2 N–H and O–H groups in total. The fraction of sp³-hybridized carbons (Fsp3) is 0.412. The minimum Gasteiger partial charge on any atom is -0.356 e. The predicted molar refractivity (Wildman–Crippen MR) is 94.5 cm³/mol. The first-order chi connectivity index (χ1) is 11.1. The first kappa shape index (κ1) is 17.4. The number of nitrogens with one attached hydrogen (secondary N) is 2. The molecule has 1 heterocycles. The van der Waals surface area contributed by atoms with E-state index >= 15 is 0 Å². The van der Waals surface area contributed by atoms with Crippen LogP contribution in [-0.4, -0.2) is 24.5 Å². The fourth-order valence-corrected chi connectivity index (χ4v) is 3.24. The third-order valence-electron chi connectivity index (χ3n) is 3.50. The van der Waals surface area contributed by atoms with Gasteiger partial charge in [-0.3, -0.25) is 4.99 Å². The van der Waals surface area contributed by atoms with Crippen molar-refractivity contribution in [1.29, 1.82) is 0 Å². The Hall–Kier alpha value is -1.95. The lowest BCUT2D eigenvalue weighted by molar-refractivity contribution is 0.626. The normalized spacial score (nSPS) is 11.6. The SMILES string of the molecule is CCc1nc(CCNC(=NC)NCc2ccc(F)cc2)sc1C. The molecule has 2 aromatic rings. The fourth-order valence-electron chi connectivity index (χ4n) is 2.22. The average molecular weight is 334 g/mol. The zero-order valence-electron chi connectivity index (χ0n) is 13.8. The number of aromatic nitrogens is 1. The standard InChI is InChI=1S/C17H23FN4S/c1-4-15-12(2)23-16(22-15)9-10-20-17(19-3)21-11-13-5-7-14(18)8-6-13/h5-8H,4,9-11H2,1-3H3,(H2,19,20,21). The molecule has 0 aliphatic rings. The molecule has 0 spiro atoms. The van der Waals surface area contributed by atoms with E-state index in [0.29, 0.717) is 6.54 Å². The Kier molecular flexibility index (Phi) is 6.52. The maximum absolute atomic E-state index is 12.9. The van der Waals surface area contributed by atoms with Gasteiger partial charge in [0.2, 0.25) is 0 Å². The highest BCUT2D eigenvalue weighted by molar-refractivity contribution is 7.11. The third-order valence-corrected chi connectivity index (χ3v) is 4.57. The second-order valence-electron chi connectivity index (χ2n) is 5.19. The van der Waals surface area contributed by atoms with E-state index in [2.05, 4.69) is 34.5 Å². The van der Waals surface area contributed by atoms with Gasteiger partial charge in [0, 0.05) is 31.4 Å². The van der Waals surface area contributed by atoms with Gasteiger partial charge in [-0.2, -0.15) is 0 Å². The average Bonchev–Trinajstić information content (AvgIpc) is 2.92. The van der Waals surface area contributed by atoms with E-state index in [1.807, 2.05) is 0 Å². The summed E-state index contributed by atoms with van der Waals surface area (Å²) in [5.41, 5.74) is 2.21. The monoisotopic (exact) mass is 334 g/mol. The summed E-state index contributed by atoms with van der Waals surface area (Å²) in [6, 6.07) is 6.45. The van der Waals surface area contributed by atoms with Crippen molar-refractivity contribution in [1.82, 2.24) is 15.6 Å². The molecule has 0 unspecified atom stereocenters. The number of halogens is 1. The van der Waals surface area contributed by atoms with Crippen molar-refractivity contribution < 1.29 is 4.39 Å². The maximum atomic E-state index is 12.9. The maximum Gasteiger partial charge on any atom is 0.191 e. The Morgan fingerprint density at radius 1 is 1.26 bits per heavy atom. The van der Waals surface area contributed by atoms with Gasteiger partial charge >= 0.3 is 0 Å². The summed E-state index contributed by atoms with van der Waals surface area (Å²) in [5.74, 6) is 0.514. The van der Waals surface area contributed by atoms with Crippen LogP contribution in [0.2, 0.25) is 0 Å². The molecule has 0 fully saturated rings. The van der Waals surface area contributed by atoms with Crippen LogP contribution in [0, 0.1) is 12.7 Å². The molecular weight excluding hydrogens is 311 g/mol. The molecule has 1 aromatic carbocycles. The molecule has 23 heavy (non-hydrogen) atoms. The van der Waals surface area contributed by atoms with Gasteiger partial charge in [0.05, 0.1) is 10.7 Å². The lowest BCUT2D eigenvalue weighted by atomic mass is 10.2. The van der Waals surface area contributed by atoms with Gasteiger partial charge in [0.15, 0.2) is 5.96 Å². The Morgan fingerprint density at radius 2 is 2.00 bits per heavy atom. The molecule has 0 radical (unpaired) electrons. The van der Waals surface area contributed by atoms with Gasteiger partial charge in [-0.15, -0.1) is 11.3 Å².